The predicted octanol–water partition coefficient (Wildman–Crippen LogP) is 4.11. The number of carboxylic acids is 1. The van der Waals surface area contributed by atoms with E-state index in [-0.39, 0.29) is 12.2 Å². The third-order valence-electron chi connectivity index (χ3n) is 2.97. The summed E-state index contributed by atoms with van der Waals surface area (Å²) in [5.74, 6) is 0.376. The Morgan fingerprint density at radius 1 is 1.26 bits per heavy atom. The van der Waals surface area contributed by atoms with Crippen molar-refractivity contribution in [1.82, 2.24) is 0 Å². The lowest BCUT2D eigenvalue weighted by molar-refractivity contribution is -0.138. The van der Waals surface area contributed by atoms with Crippen LogP contribution in [0, 0.1) is 7.14 Å². The molecule has 0 amide bonds. The van der Waals surface area contributed by atoms with E-state index in [0.29, 0.717) is 16.0 Å². The number of nitrogens with two attached hydrogens (primary N) is 1. The van der Waals surface area contributed by atoms with E-state index >= 15 is 0 Å². The van der Waals surface area contributed by atoms with Gasteiger partial charge in [-0.3, -0.25) is 4.79 Å². The van der Waals surface area contributed by atoms with Crippen LogP contribution in [-0.2, 0) is 11.2 Å². The number of benzene rings is 2. The molecular formula is C15H12BrI2NO4. The summed E-state index contributed by atoms with van der Waals surface area (Å²) in [6, 6.07) is 7.67. The van der Waals surface area contributed by atoms with Gasteiger partial charge in [-0.25, -0.2) is 0 Å². The molecule has 2 aromatic carbocycles. The van der Waals surface area contributed by atoms with Gasteiger partial charge < -0.3 is 20.7 Å². The van der Waals surface area contributed by atoms with Gasteiger partial charge in [0.15, 0.2) is 5.75 Å². The summed E-state index contributed by atoms with van der Waals surface area (Å²) in [5.41, 5.74) is 6.42. The molecule has 2 rings (SSSR count). The molecule has 0 saturated carbocycles. The second-order valence-corrected chi connectivity index (χ2v) is 7.93. The Morgan fingerprint density at radius 3 is 2.39 bits per heavy atom. The van der Waals surface area contributed by atoms with Gasteiger partial charge in [0.1, 0.15) is 17.5 Å². The maximum absolute atomic E-state index is 10.9. The van der Waals surface area contributed by atoms with Crippen molar-refractivity contribution in [1.29, 1.82) is 0 Å². The van der Waals surface area contributed by atoms with E-state index in [0.717, 1.165) is 12.7 Å². The Bertz CT molecular complexity index is 731. The smallest absolute Gasteiger partial charge is 0.320 e. The Balaban J connectivity index is 2.26. The highest BCUT2D eigenvalue weighted by atomic mass is 127. The van der Waals surface area contributed by atoms with Crippen molar-refractivity contribution in [3.63, 3.8) is 0 Å². The summed E-state index contributed by atoms with van der Waals surface area (Å²) >= 11 is 7.52. The standard InChI is InChI=1S/C15H12BrI2NO4/c16-9-6-8(1-2-13(9)20)23-14-10(17)3-7(4-11(14)18)5-12(19)15(21)22/h1-4,6,12,20H,5,19H2,(H,21,22)/t12-/m1/s1. The highest BCUT2D eigenvalue weighted by Crippen LogP contribution is 2.35. The van der Waals surface area contributed by atoms with Gasteiger partial charge in [0.25, 0.3) is 0 Å². The van der Waals surface area contributed by atoms with Crippen LogP contribution >= 0.6 is 61.1 Å². The van der Waals surface area contributed by atoms with Crippen LogP contribution in [0.4, 0.5) is 0 Å². The molecule has 2 aromatic rings. The molecule has 5 nitrogen and oxygen atoms in total. The lowest BCUT2D eigenvalue weighted by Crippen LogP contribution is -2.32. The van der Waals surface area contributed by atoms with E-state index in [9.17, 15) is 9.90 Å². The molecule has 0 aromatic heterocycles. The minimum absolute atomic E-state index is 0.139. The number of aliphatic carboxylic acids is 1. The van der Waals surface area contributed by atoms with Gasteiger partial charge in [0.05, 0.1) is 11.6 Å². The Morgan fingerprint density at radius 2 is 1.87 bits per heavy atom. The van der Waals surface area contributed by atoms with Crippen LogP contribution < -0.4 is 10.5 Å². The molecule has 0 heterocycles. The zero-order chi connectivity index (χ0) is 17.1. The quantitative estimate of drug-likeness (QED) is 0.448. The average Bonchev–Trinajstić information content (AvgIpc) is 2.46. The zero-order valence-electron chi connectivity index (χ0n) is 11.6. The van der Waals surface area contributed by atoms with Gasteiger partial charge in [0.2, 0.25) is 0 Å². The summed E-state index contributed by atoms with van der Waals surface area (Å²) < 4.78 is 8.13. The Kier molecular flexibility index (Phi) is 6.51. The van der Waals surface area contributed by atoms with Crippen molar-refractivity contribution in [2.75, 3.05) is 0 Å². The van der Waals surface area contributed by atoms with Crippen molar-refractivity contribution in [2.24, 2.45) is 5.73 Å². The number of halogens is 3. The maximum atomic E-state index is 10.9. The molecule has 0 saturated heterocycles. The maximum Gasteiger partial charge on any atom is 0.320 e. The summed E-state index contributed by atoms with van der Waals surface area (Å²) in [7, 11) is 0. The summed E-state index contributed by atoms with van der Waals surface area (Å²) in [4.78, 5) is 10.9. The zero-order valence-corrected chi connectivity index (χ0v) is 17.5. The fraction of sp³-hybridized carbons (Fsp3) is 0.133. The van der Waals surface area contributed by atoms with Crippen molar-refractivity contribution in [2.45, 2.75) is 12.5 Å². The molecule has 122 valence electrons. The molecule has 0 aliphatic carbocycles. The second-order valence-electron chi connectivity index (χ2n) is 4.75. The molecule has 4 N–H and O–H groups in total. The summed E-state index contributed by atoms with van der Waals surface area (Å²) in [5, 5.41) is 18.4. The van der Waals surface area contributed by atoms with Crippen LogP contribution in [0.25, 0.3) is 0 Å². The minimum Gasteiger partial charge on any atom is -0.507 e. The number of hydrogen-bond donors (Lipinski definition) is 3. The summed E-state index contributed by atoms with van der Waals surface area (Å²) in [6.07, 6.45) is 0.256. The van der Waals surface area contributed by atoms with Gasteiger partial charge in [0, 0.05) is 0 Å². The first-order valence-electron chi connectivity index (χ1n) is 6.40. The van der Waals surface area contributed by atoms with E-state index in [1.807, 2.05) is 12.1 Å². The van der Waals surface area contributed by atoms with Crippen molar-refractivity contribution in [3.05, 3.63) is 47.5 Å². The van der Waals surface area contributed by atoms with Crippen LogP contribution in [-0.4, -0.2) is 22.2 Å². The van der Waals surface area contributed by atoms with Gasteiger partial charge in [-0.15, -0.1) is 0 Å². The number of ether oxygens (including phenoxy) is 1. The van der Waals surface area contributed by atoms with E-state index in [4.69, 9.17) is 15.6 Å². The van der Waals surface area contributed by atoms with Gasteiger partial charge in [-0.1, -0.05) is 0 Å². The monoisotopic (exact) mass is 603 g/mol. The van der Waals surface area contributed by atoms with Crippen LogP contribution in [0.3, 0.4) is 0 Å². The first-order chi connectivity index (χ1) is 10.8. The molecule has 0 aliphatic heterocycles. The van der Waals surface area contributed by atoms with Gasteiger partial charge >= 0.3 is 5.97 Å². The molecule has 8 heteroatoms. The molecule has 0 aliphatic rings. The molecule has 23 heavy (non-hydrogen) atoms. The van der Waals surface area contributed by atoms with Crippen molar-refractivity contribution in [3.8, 4) is 17.2 Å². The lowest BCUT2D eigenvalue weighted by atomic mass is 10.1. The molecule has 0 radical (unpaired) electrons. The normalized spacial score (nSPS) is 12.0. The Labute approximate surface area is 168 Å². The summed E-state index contributed by atoms with van der Waals surface area (Å²) in [6.45, 7) is 0. The highest BCUT2D eigenvalue weighted by Gasteiger charge is 2.16. The van der Waals surface area contributed by atoms with Crippen LogP contribution in [0.15, 0.2) is 34.8 Å². The van der Waals surface area contributed by atoms with Crippen LogP contribution in [0.2, 0.25) is 0 Å². The molecule has 0 unspecified atom stereocenters. The van der Waals surface area contributed by atoms with E-state index < -0.39 is 12.0 Å². The molecule has 0 fully saturated rings. The van der Waals surface area contributed by atoms with Crippen LogP contribution in [0.1, 0.15) is 5.56 Å². The lowest BCUT2D eigenvalue weighted by Gasteiger charge is -2.13. The number of hydrogen-bond acceptors (Lipinski definition) is 4. The predicted molar refractivity (Wildman–Crippen MR) is 107 cm³/mol. The minimum atomic E-state index is -1.02. The number of carboxylic acid groups (broad SMARTS) is 1. The van der Waals surface area contributed by atoms with Gasteiger partial charge in [-0.05, 0) is 103 Å². The van der Waals surface area contributed by atoms with Gasteiger partial charge in [-0.2, -0.15) is 0 Å². The van der Waals surface area contributed by atoms with E-state index in [1.54, 1.807) is 18.2 Å². The van der Waals surface area contributed by atoms with E-state index in [2.05, 4.69) is 61.1 Å². The SMILES string of the molecule is N[C@H](Cc1cc(I)c(Oc2ccc(O)c(Br)c2)c(I)c1)C(=O)O. The third kappa shape index (κ3) is 4.94. The largest absolute Gasteiger partial charge is 0.507 e. The Hall–Kier alpha value is -0.590. The number of phenolic OH excluding ortho intramolecular Hbond substituents is 1. The number of carbonyl (C=O) groups is 1. The van der Waals surface area contributed by atoms with E-state index in [1.165, 1.54) is 0 Å². The number of phenols is 1. The third-order valence-corrected chi connectivity index (χ3v) is 5.21. The number of aromatic hydroxyl groups is 1. The topological polar surface area (TPSA) is 92.8 Å². The number of rotatable bonds is 5. The molecular weight excluding hydrogens is 592 g/mol. The molecule has 0 bridgehead atoms. The average molecular weight is 604 g/mol. The molecule has 1 atom stereocenters. The van der Waals surface area contributed by atoms with Crippen molar-refractivity contribution >= 4 is 67.1 Å². The first-order valence-corrected chi connectivity index (χ1v) is 9.35. The second kappa shape index (κ2) is 7.99. The first kappa shape index (κ1) is 18.7. The highest BCUT2D eigenvalue weighted by molar-refractivity contribution is 14.1. The fourth-order valence-corrected chi connectivity index (χ4v) is 4.31. The fourth-order valence-electron chi connectivity index (χ4n) is 1.84. The van der Waals surface area contributed by atoms with Crippen molar-refractivity contribution < 1.29 is 19.7 Å². The van der Waals surface area contributed by atoms with Crippen LogP contribution in [0.5, 0.6) is 17.2 Å². The molecule has 0 spiro atoms.